The molecule has 0 bridgehead atoms. The summed E-state index contributed by atoms with van der Waals surface area (Å²) in [6, 6.07) is 9.73. The summed E-state index contributed by atoms with van der Waals surface area (Å²) in [4.78, 5) is 34.7. The molecular weight excluding hydrogens is 447 g/mol. The Morgan fingerprint density at radius 2 is 1.84 bits per heavy atom. The molecule has 31 heavy (non-hydrogen) atoms. The van der Waals surface area contributed by atoms with Crippen molar-refractivity contribution in [3.05, 3.63) is 52.0 Å². The first-order chi connectivity index (χ1) is 14.8. The summed E-state index contributed by atoms with van der Waals surface area (Å²) in [5, 5.41) is 9.07. The molecule has 2 aromatic carbocycles. The molecule has 164 valence electrons. The monoisotopic (exact) mass is 466 g/mol. The predicted molar refractivity (Wildman–Crippen MR) is 118 cm³/mol. The van der Waals surface area contributed by atoms with Gasteiger partial charge in [0.05, 0.1) is 28.6 Å². The van der Waals surface area contributed by atoms with Crippen LogP contribution in [0.15, 0.2) is 41.5 Å². The van der Waals surface area contributed by atoms with E-state index in [0.717, 1.165) is 0 Å². The van der Waals surface area contributed by atoms with Crippen LogP contribution in [-0.2, 0) is 14.4 Å². The zero-order chi connectivity index (χ0) is 22.8. The first-order valence-corrected chi connectivity index (χ1v) is 9.80. The van der Waals surface area contributed by atoms with Crippen molar-refractivity contribution in [1.29, 1.82) is 0 Å². The lowest BCUT2D eigenvalue weighted by Gasteiger charge is -2.13. The summed E-state index contributed by atoms with van der Waals surface area (Å²) in [7, 11) is 1.34. The SMILES string of the molecule is CCOc1cc(/C=N\NC(=O)C(=O)NC)ccc1OCC(=O)Nc1cccc(Cl)c1Cl. The lowest BCUT2D eigenvalue weighted by molar-refractivity contribution is -0.138. The van der Waals surface area contributed by atoms with Gasteiger partial charge in [-0.25, -0.2) is 5.43 Å². The summed E-state index contributed by atoms with van der Waals surface area (Å²) < 4.78 is 11.1. The van der Waals surface area contributed by atoms with Gasteiger partial charge in [0.25, 0.3) is 5.91 Å². The van der Waals surface area contributed by atoms with Crippen LogP contribution in [0.4, 0.5) is 5.69 Å². The predicted octanol–water partition coefficient (Wildman–Crippen LogP) is 2.61. The van der Waals surface area contributed by atoms with Gasteiger partial charge in [0.1, 0.15) is 0 Å². The summed E-state index contributed by atoms with van der Waals surface area (Å²) in [6.07, 6.45) is 1.33. The lowest BCUT2D eigenvalue weighted by atomic mass is 10.2. The van der Waals surface area contributed by atoms with Gasteiger partial charge in [0.15, 0.2) is 18.1 Å². The third kappa shape index (κ3) is 7.16. The van der Waals surface area contributed by atoms with Crippen LogP contribution < -0.4 is 25.5 Å². The van der Waals surface area contributed by atoms with Crippen molar-refractivity contribution < 1.29 is 23.9 Å². The van der Waals surface area contributed by atoms with E-state index in [0.29, 0.717) is 34.4 Å². The molecule has 0 aromatic heterocycles. The van der Waals surface area contributed by atoms with Gasteiger partial charge in [-0.3, -0.25) is 14.4 Å². The molecule has 0 unspecified atom stereocenters. The summed E-state index contributed by atoms with van der Waals surface area (Å²) >= 11 is 12.0. The Bertz CT molecular complexity index is 998. The topological polar surface area (TPSA) is 118 Å². The number of nitrogens with one attached hydrogen (secondary N) is 3. The summed E-state index contributed by atoms with van der Waals surface area (Å²) in [5.74, 6) is -1.43. The van der Waals surface area contributed by atoms with E-state index in [9.17, 15) is 14.4 Å². The lowest BCUT2D eigenvalue weighted by Crippen LogP contribution is -2.35. The van der Waals surface area contributed by atoms with Crippen LogP contribution in [0.1, 0.15) is 12.5 Å². The molecule has 0 atom stereocenters. The number of hydrogen-bond acceptors (Lipinski definition) is 6. The van der Waals surface area contributed by atoms with Gasteiger partial charge in [0.2, 0.25) is 0 Å². The first kappa shape index (κ1) is 24.0. The summed E-state index contributed by atoms with van der Waals surface area (Å²) in [5.41, 5.74) is 3.04. The average Bonchev–Trinajstić information content (AvgIpc) is 2.76. The number of hydrogen-bond donors (Lipinski definition) is 3. The van der Waals surface area contributed by atoms with E-state index in [1.54, 1.807) is 43.3 Å². The number of carbonyl (C=O) groups excluding carboxylic acids is 3. The number of amides is 3. The number of benzene rings is 2. The fraction of sp³-hybridized carbons (Fsp3) is 0.200. The molecule has 0 aliphatic heterocycles. The van der Waals surface area contributed by atoms with Gasteiger partial charge in [0, 0.05) is 7.05 Å². The quantitative estimate of drug-likeness (QED) is 0.314. The number of hydrazone groups is 1. The van der Waals surface area contributed by atoms with Gasteiger partial charge < -0.3 is 20.1 Å². The van der Waals surface area contributed by atoms with Crippen LogP contribution in [-0.4, -0.2) is 44.2 Å². The largest absolute Gasteiger partial charge is 0.490 e. The molecule has 2 rings (SSSR count). The Hall–Kier alpha value is -3.30. The highest BCUT2D eigenvalue weighted by Gasteiger charge is 2.12. The van der Waals surface area contributed by atoms with Gasteiger partial charge in [-0.15, -0.1) is 0 Å². The zero-order valence-electron chi connectivity index (χ0n) is 16.7. The van der Waals surface area contributed by atoms with Gasteiger partial charge in [-0.05, 0) is 42.8 Å². The maximum atomic E-state index is 12.2. The minimum atomic E-state index is -0.894. The van der Waals surface area contributed by atoms with Crippen molar-refractivity contribution in [2.75, 3.05) is 25.6 Å². The molecule has 0 radical (unpaired) electrons. The number of nitrogens with zero attached hydrogens (tertiary/aromatic N) is 1. The van der Waals surface area contributed by atoms with Crippen LogP contribution in [0.2, 0.25) is 10.0 Å². The molecule has 0 saturated heterocycles. The Balaban J connectivity index is 2.02. The number of anilines is 1. The minimum absolute atomic E-state index is 0.236. The number of ether oxygens (including phenoxy) is 2. The molecule has 0 saturated carbocycles. The first-order valence-electron chi connectivity index (χ1n) is 9.04. The van der Waals surface area contributed by atoms with Crippen LogP contribution in [0.5, 0.6) is 11.5 Å². The number of rotatable bonds is 8. The number of halogens is 2. The molecular formula is C20H20Cl2N4O5. The molecule has 11 heteroatoms. The Morgan fingerprint density at radius 3 is 2.55 bits per heavy atom. The Kier molecular flexibility index (Phi) is 9.11. The molecule has 0 spiro atoms. The minimum Gasteiger partial charge on any atom is -0.490 e. The molecule has 0 aliphatic rings. The average molecular weight is 467 g/mol. The molecule has 0 fully saturated rings. The van der Waals surface area contributed by atoms with Crippen LogP contribution in [0.3, 0.4) is 0 Å². The fourth-order valence-corrected chi connectivity index (χ4v) is 2.60. The van der Waals surface area contributed by atoms with Gasteiger partial charge in [-0.1, -0.05) is 29.3 Å². The van der Waals surface area contributed by atoms with Crippen LogP contribution >= 0.6 is 23.2 Å². The molecule has 3 N–H and O–H groups in total. The maximum absolute atomic E-state index is 12.2. The van der Waals surface area contributed by atoms with Crippen molar-refractivity contribution in [2.24, 2.45) is 5.10 Å². The highest BCUT2D eigenvalue weighted by atomic mass is 35.5. The third-order valence-electron chi connectivity index (χ3n) is 3.67. The Morgan fingerprint density at radius 1 is 1.06 bits per heavy atom. The van der Waals surface area contributed by atoms with E-state index in [2.05, 4.69) is 21.2 Å². The fourth-order valence-electron chi connectivity index (χ4n) is 2.25. The third-order valence-corrected chi connectivity index (χ3v) is 4.48. The second-order valence-corrected chi connectivity index (χ2v) is 6.64. The van der Waals surface area contributed by atoms with Crippen molar-refractivity contribution in [1.82, 2.24) is 10.7 Å². The van der Waals surface area contributed by atoms with E-state index < -0.39 is 17.7 Å². The molecule has 2 aromatic rings. The molecule has 0 heterocycles. The zero-order valence-corrected chi connectivity index (χ0v) is 18.2. The molecule has 9 nitrogen and oxygen atoms in total. The van der Waals surface area contributed by atoms with Gasteiger partial charge >= 0.3 is 11.8 Å². The van der Waals surface area contributed by atoms with Crippen molar-refractivity contribution in [2.45, 2.75) is 6.92 Å². The van der Waals surface area contributed by atoms with Crippen molar-refractivity contribution in [3.63, 3.8) is 0 Å². The number of carbonyl (C=O) groups is 3. The van der Waals surface area contributed by atoms with Crippen molar-refractivity contribution in [3.8, 4) is 11.5 Å². The van der Waals surface area contributed by atoms with Crippen molar-refractivity contribution >= 4 is 52.8 Å². The standard InChI is InChI=1S/C20H20Cl2N4O5/c1-3-30-16-9-12(10-24-26-20(29)19(28)23-2)7-8-15(16)31-11-17(27)25-14-6-4-5-13(21)18(14)22/h4-10H,3,11H2,1-2H3,(H,23,28)(H,25,27)(H,26,29)/b24-10-. The van der Waals surface area contributed by atoms with Gasteiger partial charge in [-0.2, -0.15) is 5.10 Å². The number of likely N-dealkylation sites (N-methyl/N-ethyl adjacent to an activating group) is 1. The van der Waals surface area contributed by atoms with E-state index in [1.807, 2.05) is 0 Å². The van der Waals surface area contributed by atoms with Crippen LogP contribution in [0, 0.1) is 0 Å². The van der Waals surface area contributed by atoms with E-state index in [4.69, 9.17) is 32.7 Å². The smallest absolute Gasteiger partial charge is 0.329 e. The summed E-state index contributed by atoms with van der Waals surface area (Å²) in [6.45, 7) is 1.86. The molecule has 3 amide bonds. The van der Waals surface area contributed by atoms with Crippen LogP contribution in [0.25, 0.3) is 0 Å². The highest BCUT2D eigenvalue weighted by Crippen LogP contribution is 2.30. The second kappa shape index (κ2) is 11.8. The molecule has 0 aliphatic carbocycles. The highest BCUT2D eigenvalue weighted by molar-refractivity contribution is 6.44. The maximum Gasteiger partial charge on any atom is 0.329 e. The van der Waals surface area contributed by atoms with E-state index in [1.165, 1.54) is 13.3 Å². The van der Waals surface area contributed by atoms with E-state index in [-0.39, 0.29) is 11.6 Å². The van der Waals surface area contributed by atoms with E-state index >= 15 is 0 Å². The Labute approximate surface area is 188 Å². The normalized spacial score (nSPS) is 10.5. The second-order valence-electron chi connectivity index (χ2n) is 5.86.